The maximum absolute atomic E-state index is 11.7. The molecule has 0 aromatic heterocycles. The highest BCUT2D eigenvalue weighted by Crippen LogP contribution is 2.24. The maximum atomic E-state index is 11.7. The molecule has 0 radical (unpaired) electrons. The Morgan fingerprint density at radius 2 is 2.15 bits per heavy atom. The van der Waals surface area contributed by atoms with Gasteiger partial charge in [-0.05, 0) is 0 Å². The van der Waals surface area contributed by atoms with Gasteiger partial charge in [-0.2, -0.15) is 0 Å². The molecule has 0 aliphatic carbocycles. The van der Waals surface area contributed by atoms with Crippen molar-refractivity contribution in [1.82, 2.24) is 15.5 Å². The van der Waals surface area contributed by atoms with Crippen LogP contribution in [0.4, 0.5) is 4.79 Å². The van der Waals surface area contributed by atoms with Crippen molar-refractivity contribution in [2.45, 2.75) is 17.7 Å². The van der Waals surface area contributed by atoms with Crippen molar-refractivity contribution in [3.05, 3.63) is 0 Å². The molecular weight excluding hydrogens is 286 g/mol. The summed E-state index contributed by atoms with van der Waals surface area (Å²) < 4.78 is 4.43. The van der Waals surface area contributed by atoms with E-state index in [1.54, 1.807) is 0 Å². The zero-order chi connectivity index (χ0) is 15.3. The molecule has 8 nitrogen and oxygen atoms in total. The van der Waals surface area contributed by atoms with Crippen LogP contribution >= 0.6 is 11.8 Å². The number of rotatable bonds is 5. The quantitative estimate of drug-likeness (QED) is 0.628. The summed E-state index contributed by atoms with van der Waals surface area (Å²) in [6.45, 7) is 0. The van der Waals surface area contributed by atoms with E-state index in [1.807, 2.05) is 0 Å². The third kappa shape index (κ3) is 3.86. The third-order valence-electron chi connectivity index (χ3n) is 2.84. The Bertz CT molecular complexity index is 428. The van der Waals surface area contributed by atoms with Gasteiger partial charge in [-0.25, -0.2) is 4.79 Å². The molecule has 1 aliphatic rings. The van der Waals surface area contributed by atoms with Crippen molar-refractivity contribution in [3.63, 3.8) is 0 Å². The highest BCUT2D eigenvalue weighted by atomic mass is 32.2. The van der Waals surface area contributed by atoms with E-state index < -0.39 is 23.3 Å². The van der Waals surface area contributed by atoms with Gasteiger partial charge in [-0.15, -0.1) is 11.8 Å². The highest BCUT2D eigenvalue weighted by Gasteiger charge is 2.37. The molecule has 9 heteroatoms. The molecule has 2 unspecified atom stereocenters. The van der Waals surface area contributed by atoms with Gasteiger partial charge in [0.15, 0.2) is 0 Å². The summed E-state index contributed by atoms with van der Waals surface area (Å²) in [4.78, 5) is 46.9. The van der Waals surface area contributed by atoms with E-state index >= 15 is 0 Å². The van der Waals surface area contributed by atoms with Crippen molar-refractivity contribution in [1.29, 1.82) is 0 Å². The van der Waals surface area contributed by atoms with E-state index in [9.17, 15) is 19.2 Å². The molecule has 0 spiro atoms. The number of amides is 4. The maximum Gasteiger partial charge on any atom is 0.407 e. The van der Waals surface area contributed by atoms with Crippen LogP contribution in [-0.4, -0.2) is 67.0 Å². The van der Waals surface area contributed by atoms with Crippen LogP contribution in [0.5, 0.6) is 0 Å². The number of alkyl carbamates (subject to hydrolysis) is 1. The lowest BCUT2D eigenvalue weighted by Crippen LogP contribution is -2.47. The summed E-state index contributed by atoms with van der Waals surface area (Å²) >= 11 is 1.16. The topological polar surface area (TPSA) is 105 Å². The van der Waals surface area contributed by atoms with E-state index in [0.29, 0.717) is 0 Å². The summed E-state index contributed by atoms with van der Waals surface area (Å²) in [6, 6.07) is -0.828. The van der Waals surface area contributed by atoms with Gasteiger partial charge in [-0.1, -0.05) is 0 Å². The zero-order valence-electron chi connectivity index (χ0n) is 11.5. The molecule has 1 rings (SSSR count). The predicted octanol–water partition coefficient (Wildman–Crippen LogP) is -1.05. The fourth-order valence-electron chi connectivity index (χ4n) is 1.62. The Balaban J connectivity index is 2.58. The number of hydrogen-bond donors (Lipinski definition) is 2. The normalized spacial score (nSPS) is 19.8. The molecule has 112 valence electrons. The molecule has 1 fully saturated rings. The van der Waals surface area contributed by atoms with Gasteiger partial charge in [0.2, 0.25) is 17.7 Å². The smallest absolute Gasteiger partial charge is 0.407 e. The molecular formula is C11H17N3O5S. The molecule has 1 heterocycles. The summed E-state index contributed by atoms with van der Waals surface area (Å²) in [6.07, 6.45) is -0.622. The number of methoxy groups -OCH3 is 1. The lowest BCUT2D eigenvalue weighted by atomic mass is 10.3. The predicted molar refractivity (Wildman–Crippen MR) is 72.0 cm³/mol. The number of ether oxygens (including phenoxy) is 1. The van der Waals surface area contributed by atoms with Crippen molar-refractivity contribution in [3.8, 4) is 0 Å². The second-order valence-electron chi connectivity index (χ2n) is 4.12. The van der Waals surface area contributed by atoms with Gasteiger partial charge in [0.25, 0.3) is 0 Å². The lowest BCUT2D eigenvalue weighted by molar-refractivity contribution is -0.136. The SMILES string of the molecule is CNC(=O)C(CSC1CC(=O)N(C)C1=O)NC(=O)OC. The van der Waals surface area contributed by atoms with Gasteiger partial charge >= 0.3 is 6.09 Å². The second kappa shape index (κ2) is 7.13. The van der Waals surface area contributed by atoms with Crippen LogP contribution < -0.4 is 10.6 Å². The van der Waals surface area contributed by atoms with Crippen LogP contribution in [0.1, 0.15) is 6.42 Å². The van der Waals surface area contributed by atoms with E-state index in [2.05, 4.69) is 15.4 Å². The number of likely N-dealkylation sites (tertiary alicyclic amines) is 1. The number of likely N-dealkylation sites (N-methyl/N-ethyl adjacent to an activating group) is 1. The molecule has 20 heavy (non-hydrogen) atoms. The number of thioether (sulfide) groups is 1. The fourth-order valence-corrected chi connectivity index (χ4v) is 2.84. The second-order valence-corrected chi connectivity index (χ2v) is 5.36. The summed E-state index contributed by atoms with van der Waals surface area (Å²) in [7, 11) is 4.06. The van der Waals surface area contributed by atoms with Crippen LogP contribution in [0.25, 0.3) is 0 Å². The Labute approximate surface area is 120 Å². The molecule has 2 N–H and O–H groups in total. The fraction of sp³-hybridized carbons (Fsp3) is 0.636. The van der Waals surface area contributed by atoms with Gasteiger partial charge in [0.05, 0.1) is 12.4 Å². The van der Waals surface area contributed by atoms with Crippen molar-refractivity contribution in [2.24, 2.45) is 0 Å². The Kier molecular flexibility index (Phi) is 5.81. The number of nitrogens with one attached hydrogen (secondary N) is 2. The number of carbonyl (C=O) groups excluding carboxylic acids is 4. The number of nitrogens with zero attached hydrogens (tertiary/aromatic N) is 1. The minimum atomic E-state index is -0.828. The van der Waals surface area contributed by atoms with Gasteiger partial charge in [0.1, 0.15) is 6.04 Å². The summed E-state index contributed by atoms with van der Waals surface area (Å²) in [5.74, 6) is -0.751. The minimum Gasteiger partial charge on any atom is -0.453 e. The molecule has 1 aliphatic heterocycles. The number of imide groups is 1. The molecule has 2 atom stereocenters. The average Bonchev–Trinajstić information content (AvgIpc) is 2.69. The van der Waals surface area contributed by atoms with E-state index in [1.165, 1.54) is 21.2 Å². The first-order valence-electron chi connectivity index (χ1n) is 5.88. The monoisotopic (exact) mass is 303 g/mol. The van der Waals surface area contributed by atoms with Gasteiger partial charge in [-0.3, -0.25) is 19.3 Å². The minimum absolute atomic E-state index is 0.110. The third-order valence-corrected chi connectivity index (χ3v) is 4.14. The lowest BCUT2D eigenvalue weighted by Gasteiger charge is -2.17. The van der Waals surface area contributed by atoms with Crippen LogP contribution in [0, 0.1) is 0 Å². The van der Waals surface area contributed by atoms with Crippen LogP contribution in [-0.2, 0) is 19.1 Å². The van der Waals surface area contributed by atoms with Crippen molar-refractivity contribution < 1.29 is 23.9 Å². The van der Waals surface area contributed by atoms with Crippen LogP contribution in [0.3, 0.4) is 0 Å². The first-order valence-corrected chi connectivity index (χ1v) is 6.93. The largest absolute Gasteiger partial charge is 0.453 e. The Morgan fingerprint density at radius 3 is 2.60 bits per heavy atom. The number of hydrogen-bond acceptors (Lipinski definition) is 6. The van der Waals surface area contributed by atoms with Gasteiger partial charge in [0, 0.05) is 26.3 Å². The summed E-state index contributed by atoms with van der Waals surface area (Å²) in [5, 5.41) is 4.27. The van der Waals surface area contributed by atoms with Crippen LogP contribution in [0.15, 0.2) is 0 Å². The zero-order valence-corrected chi connectivity index (χ0v) is 12.3. The average molecular weight is 303 g/mol. The molecule has 0 aromatic carbocycles. The van der Waals surface area contributed by atoms with Crippen molar-refractivity contribution >= 4 is 35.6 Å². The van der Waals surface area contributed by atoms with Gasteiger partial charge < -0.3 is 15.4 Å². The first-order chi connectivity index (χ1) is 9.40. The molecule has 1 saturated heterocycles. The number of carbonyl (C=O) groups is 4. The highest BCUT2D eigenvalue weighted by molar-refractivity contribution is 8.00. The van der Waals surface area contributed by atoms with Crippen LogP contribution in [0.2, 0.25) is 0 Å². The molecule has 0 saturated carbocycles. The van der Waals surface area contributed by atoms with Crippen molar-refractivity contribution in [2.75, 3.05) is 27.0 Å². The van der Waals surface area contributed by atoms with E-state index in [4.69, 9.17) is 0 Å². The Morgan fingerprint density at radius 1 is 1.50 bits per heavy atom. The summed E-state index contributed by atoms with van der Waals surface area (Å²) in [5.41, 5.74) is 0. The standard InChI is InChI=1S/C11H17N3O5S/c1-12-9(16)6(13-11(18)19-3)5-20-7-4-8(15)14(2)10(7)17/h6-7H,4-5H2,1-3H3,(H,12,16)(H,13,18). The molecule has 4 amide bonds. The first kappa shape index (κ1) is 16.3. The van der Waals surface area contributed by atoms with E-state index in [0.717, 1.165) is 16.7 Å². The molecule has 0 aromatic rings. The molecule has 0 bridgehead atoms. The Hall–Kier alpha value is -1.77. The van der Waals surface area contributed by atoms with E-state index in [-0.39, 0.29) is 24.0 Å².